The molecule has 18 heavy (non-hydrogen) atoms. The van der Waals surface area contributed by atoms with Gasteiger partial charge in [-0.3, -0.25) is 4.98 Å². The molecule has 0 aliphatic rings. The number of nitrogen functional groups attached to an aromatic ring is 1. The molecule has 0 aromatic carbocycles. The summed E-state index contributed by atoms with van der Waals surface area (Å²) in [6.07, 6.45) is 3.43. The molecular formula is C13H16N4O. The molecule has 0 bridgehead atoms. The monoisotopic (exact) mass is 244 g/mol. The van der Waals surface area contributed by atoms with E-state index in [1.165, 1.54) is 0 Å². The molecule has 0 spiro atoms. The van der Waals surface area contributed by atoms with E-state index in [9.17, 15) is 0 Å². The van der Waals surface area contributed by atoms with Gasteiger partial charge in [0.25, 0.3) is 0 Å². The third kappa shape index (κ3) is 2.40. The van der Waals surface area contributed by atoms with Crippen LogP contribution in [0.5, 0.6) is 5.75 Å². The van der Waals surface area contributed by atoms with Crippen LogP contribution in [0.4, 0.5) is 5.82 Å². The zero-order valence-electron chi connectivity index (χ0n) is 10.8. The van der Waals surface area contributed by atoms with Crippen molar-refractivity contribution in [3.63, 3.8) is 0 Å². The van der Waals surface area contributed by atoms with E-state index in [4.69, 9.17) is 10.5 Å². The van der Waals surface area contributed by atoms with Gasteiger partial charge in [0.05, 0.1) is 18.5 Å². The summed E-state index contributed by atoms with van der Waals surface area (Å²) in [5, 5.41) is 0. The first kappa shape index (κ1) is 12.3. The first-order valence-electron chi connectivity index (χ1n) is 5.80. The Morgan fingerprint density at radius 3 is 2.72 bits per heavy atom. The summed E-state index contributed by atoms with van der Waals surface area (Å²) in [6, 6.07) is 1.91. The van der Waals surface area contributed by atoms with Crippen molar-refractivity contribution in [1.29, 1.82) is 0 Å². The quantitative estimate of drug-likeness (QED) is 0.895. The van der Waals surface area contributed by atoms with E-state index >= 15 is 0 Å². The Bertz CT molecular complexity index is 569. The van der Waals surface area contributed by atoms with E-state index in [0.29, 0.717) is 18.2 Å². The van der Waals surface area contributed by atoms with Crippen LogP contribution < -0.4 is 10.5 Å². The van der Waals surface area contributed by atoms with Gasteiger partial charge in [-0.05, 0) is 26.8 Å². The molecule has 0 saturated heterocycles. The van der Waals surface area contributed by atoms with E-state index in [0.717, 1.165) is 22.6 Å². The summed E-state index contributed by atoms with van der Waals surface area (Å²) in [7, 11) is 0. The van der Waals surface area contributed by atoms with E-state index in [-0.39, 0.29) is 0 Å². The fourth-order valence-electron chi connectivity index (χ4n) is 1.73. The Kier molecular flexibility index (Phi) is 3.41. The Labute approximate surface area is 106 Å². The summed E-state index contributed by atoms with van der Waals surface area (Å²) in [5.41, 5.74) is 8.40. The summed E-state index contributed by atoms with van der Waals surface area (Å²) in [6.45, 7) is 6.26. The molecule has 2 aromatic rings. The van der Waals surface area contributed by atoms with Crippen molar-refractivity contribution >= 4 is 5.82 Å². The number of nitrogens with zero attached hydrogens (tertiary/aromatic N) is 3. The molecule has 0 aliphatic heterocycles. The molecule has 2 heterocycles. The second kappa shape index (κ2) is 5.00. The van der Waals surface area contributed by atoms with Crippen molar-refractivity contribution in [2.75, 3.05) is 12.3 Å². The maximum atomic E-state index is 5.85. The highest BCUT2D eigenvalue weighted by Crippen LogP contribution is 2.26. The fraction of sp³-hybridized carbons (Fsp3) is 0.308. The van der Waals surface area contributed by atoms with E-state index in [1.807, 2.05) is 26.8 Å². The van der Waals surface area contributed by atoms with Crippen molar-refractivity contribution < 1.29 is 4.74 Å². The maximum Gasteiger partial charge on any atom is 0.138 e. The Balaban J connectivity index is 2.51. The van der Waals surface area contributed by atoms with Gasteiger partial charge < -0.3 is 10.5 Å². The molecule has 0 aliphatic carbocycles. The number of anilines is 1. The number of hydrogen-bond donors (Lipinski definition) is 1. The Morgan fingerprint density at radius 1 is 1.22 bits per heavy atom. The lowest BCUT2D eigenvalue weighted by Crippen LogP contribution is -2.02. The van der Waals surface area contributed by atoms with Gasteiger partial charge in [0.1, 0.15) is 17.4 Å². The molecule has 0 atom stereocenters. The summed E-state index contributed by atoms with van der Waals surface area (Å²) >= 11 is 0. The van der Waals surface area contributed by atoms with Gasteiger partial charge in [-0.2, -0.15) is 0 Å². The summed E-state index contributed by atoms with van der Waals surface area (Å²) in [5.74, 6) is 1.87. The highest BCUT2D eigenvalue weighted by Gasteiger charge is 2.10. The third-order valence-corrected chi connectivity index (χ3v) is 2.59. The summed E-state index contributed by atoms with van der Waals surface area (Å²) < 4.78 is 5.43. The van der Waals surface area contributed by atoms with Crippen LogP contribution in [0, 0.1) is 13.8 Å². The fourth-order valence-corrected chi connectivity index (χ4v) is 1.73. The largest absolute Gasteiger partial charge is 0.492 e. The van der Waals surface area contributed by atoms with Crippen molar-refractivity contribution in [3.05, 3.63) is 29.8 Å². The SMILES string of the molecule is CCOc1cncc(-c2nc(C)nc(N)c2C)c1. The van der Waals surface area contributed by atoms with Crippen molar-refractivity contribution in [2.45, 2.75) is 20.8 Å². The molecule has 2 rings (SSSR count). The van der Waals surface area contributed by atoms with Gasteiger partial charge in [0, 0.05) is 17.3 Å². The number of ether oxygens (including phenoxy) is 1. The average molecular weight is 244 g/mol. The van der Waals surface area contributed by atoms with E-state index in [2.05, 4.69) is 15.0 Å². The molecule has 5 nitrogen and oxygen atoms in total. The van der Waals surface area contributed by atoms with Crippen LogP contribution in [-0.4, -0.2) is 21.6 Å². The normalized spacial score (nSPS) is 10.4. The number of nitrogens with two attached hydrogens (primary N) is 1. The number of aryl methyl sites for hydroxylation is 1. The van der Waals surface area contributed by atoms with Crippen LogP contribution in [0.3, 0.4) is 0 Å². The lowest BCUT2D eigenvalue weighted by atomic mass is 10.1. The van der Waals surface area contributed by atoms with Gasteiger partial charge in [0.2, 0.25) is 0 Å². The molecule has 0 amide bonds. The van der Waals surface area contributed by atoms with Crippen LogP contribution in [0.15, 0.2) is 18.5 Å². The van der Waals surface area contributed by atoms with Crippen molar-refractivity contribution in [1.82, 2.24) is 15.0 Å². The third-order valence-electron chi connectivity index (χ3n) is 2.59. The minimum Gasteiger partial charge on any atom is -0.492 e. The highest BCUT2D eigenvalue weighted by molar-refractivity contribution is 5.67. The molecule has 2 aromatic heterocycles. The van der Waals surface area contributed by atoms with E-state index in [1.54, 1.807) is 12.4 Å². The minimum atomic E-state index is 0.499. The van der Waals surface area contributed by atoms with Crippen LogP contribution in [0.2, 0.25) is 0 Å². The molecule has 0 radical (unpaired) electrons. The maximum absolute atomic E-state index is 5.85. The van der Waals surface area contributed by atoms with Crippen LogP contribution >= 0.6 is 0 Å². The molecule has 0 saturated carbocycles. The molecular weight excluding hydrogens is 228 g/mol. The smallest absolute Gasteiger partial charge is 0.138 e. The van der Waals surface area contributed by atoms with Crippen LogP contribution in [-0.2, 0) is 0 Å². The highest BCUT2D eigenvalue weighted by atomic mass is 16.5. The lowest BCUT2D eigenvalue weighted by Gasteiger charge is -2.09. The van der Waals surface area contributed by atoms with Gasteiger partial charge in [-0.1, -0.05) is 0 Å². The number of hydrogen-bond acceptors (Lipinski definition) is 5. The van der Waals surface area contributed by atoms with E-state index < -0.39 is 0 Å². The second-order valence-corrected chi connectivity index (χ2v) is 3.97. The number of aromatic nitrogens is 3. The standard InChI is InChI=1S/C13H16N4O/c1-4-18-11-5-10(6-15-7-11)12-8(2)13(14)17-9(3)16-12/h5-7H,4H2,1-3H3,(H2,14,16,17). The molecule has 5 heteroatoms. The van der Waals surface area contributed by atoms with Crippen molar-refractivity contribution in [2.24, 2.45) is 0 Å². The number of rotatable bonds is 3. The lowest BCUT2D eigenvalue weighted by molar-refractivity contribution is 0.339. The van der Waals surface area contributed by atoms with Gasteiger partial charge in [-0.25, -0.2) is 9.97 Å². The number of pyridine rings is 1. The van der Waals surface area contributed by atoms with Crippen LogP contribution in [0.1, 0.15) is 18.3 Å². The Morgan fingerprint density at radius 2 is 2.00 bits per heavy atom. The Hall–Kier alpha value is -2.17. The zero-order chi connectivity index (χ0) is 13.1. The van der Waals surface area contributed by atoms with Gasteiger partial charge >= 0.3 is 0 Å². The first-order chi connectivity index (χ1) is 8.61. The second-order valence-electron chi connectivity index (χ2n) is 3.97. The van der Waals surface area contributed by atoms with Gasteiger partial charge in [0.15, 0.2) is 0 Å². The zero-order valence-corrected chi connectivity index (χ0v) is 10.8. The molecule has 0 unspecified atom stereocenters. The minimum absolute atomic E-state index is 0.499. The topological polar surface area (TPSA) is 73.9 Å². The molecule has 0 fully saturated rings. The van der Waals surface area contributed by atoms with Gasteiger partial charge in [-0.15, -0.1) is 0 Å². The molecule has 2 N–H and O–H groups in total. The predicted molar refractivity (Wildman–Crippen MR) is 70.3 cm³/mol. The molecule has 94 valence electrons. The average Bonchev–Trinajstić information content (AvgIpc) is 2.34. The summed E-state index contributed by atoms with van der Waals surface area (Å²) in [4.78, 5) is 12.7. The predicted octanol–water partition coefficient (Wildman–Crippen LogP) is 2.14. The van der Waals surface area contributed by atoms with Crippen LogP contribution in [0.25, 0.3) is 11.3 Å². The first-order valence-corrected chi connectivity index (χ1v) is 5.80. The van der Waals surface area contributed by atoms with Crippen molar-refractivity contribution in [3.8, 4) is 17.0 Å².